The Hall–Kier alpha value is -3.80. The van der Waals surface area contributed by atoms with Crippen LogP contribution < -0.4 is 20.7 Å². The topological polar surface area (TPSA) is 83.9 Å². The maximum atomic E-state index is 17.0. The van der Waals surface area contributed by atoms with E-state index in [0.717, 1.165) is 49.6 Å². The van der Waals surface area contributed by atoms with Gasteiger partial charge in [-0.25, -0.2) is 26.8 Å². The average molecular weight is 656 g/mol. The van der Waals surface area contributed by atoms with E-state index in [2.05, 4.69) is 25.0 Å². The molecule has 0 spiro atoms. The number of rotatable bonds is 6. The second-order valence-electron chi connectivity index (χ2n) is 12.8. The lowest BCUT2D eigenvalue weighted by molar-refractivity contribution is 0.107. The summed E-state index contributed by atoms with van der Waals surface area (Å²) in [7, 11) is 0. The summed E-state index contributed by atoms with van der Waals surface area (Å²) >= 11 is 0.808. The minimum absolute atomic E-state index is 0.00698. The molecular formula is C32H30F5N7OS. The van der Waals surface area contributed by atoms with Crippen LogP contribution in [0.15, 0.2) is 18.2 Å². The van der Waals surface area contributed by atoms with Crippen molar-refractivity contribution in [1.82, 2.24) is 20.2 Å². The van der Waals surface area contributed by atoms with E-state index in [1.807, 2.05) is 4.90 Å². The zero-order chi connectivity index (χ0) is 31.9. The fraction of sp³-hybridized carbons (Fsp3) is 0.469. The van der Waals surface area contributed by atoms with Crippen molar-refractivity contribution in [2.75, 3.05) is 43.4 Å². The number of nitrogens with one attached hydrogen (secondary N) is 1. The maximum absolute atomic E-state index is 17.0. The van der Waals surface area contributed by atoms with E-state index in [1.54, 1.807) is 0 Å². The molecule has 8 rings (SSSR count). The summed E-state index contributed by atoms with van der Waals surface area (Å²) in [6.45, 7) is 9.91. The summed E-state index contributed by atoms with van der Waals surface area (Å²) in [5, 5.41) is 3.62. The van der Waals surface area contributed by atoms with Gasteiger partial charge in [0.1, 0.15) is 29.9 Å². The Labute approximate surface area is 265 Å². The first-order chi connectivity index (χ1) is 22.2. The van der Waals surface area contributed by atoms with E-state index in [4.69, 9.17) is 17.0 Å². The minimum atomic E-state index is -3.12. The van der Waals surface area contributed by atoms with Gasteiger partial charge < -0.3 is 20.7 Å². The number of halogens is 5. The van der Waals surface area contributed by atoms with Crippen LogP contribution in [0.3, 0.4) is 0 Å². The molecule has 2 aromatic heterocycles. The van der Waals surface area contributed by atoms with Crippen LogP contribution in [-0.4, -0.2) is 71.4 Å². The molecule has 4 aliphatic heterocycles. The van der Waals surface area contributed by atoms with Gasteiger partial charge in [-0.2, -0.15) is 9.97 Å². The Morgan fingerprint density at radius 3 is 2.70 bits per heavy atom. The van der Waals surface area contributed by atoms with Crippen molar-refractivity contribution in [3.05, 3.63) is 46.8 Å². The molecule has 2 aromatic carbocycles. The highest BCUT2D eigenvalue weighted by Crippen LogP contribution is 2.50. The third kappa shape index (κ3) is 4.57. The highest BCUT2D eigenvalue weighted by molar-refractivity contribution is 7.23. The van der Waals surface area contributed by atoms with Crippen molar-refractivity contribution in [1.29, 1.82) is 0 Å². The molecule has 8 nitrogen and oxygen atoms in total. The molecule has 0 aliphatic carbocycles. The Morgan fingerprint density at radius 2 is 1.96 bits per heavy atom. The third-order valence-corrected chi connectivity index (χ3v) is 11.1. The molecule has 14 heteroatoms. The number of piperazine rings is 1. The van der Waals surface area contributed by atoms with Crippen LogP contribution in [0.4, 0.5) is 38.5 Å². The standard InChI is InChI=1S/C32H30F5N7OS/c1-39-26-23-18(5-6-21(34)27(23)46-29(26)38)22-19(28(36)37)9-20-25(24(22)35)41-31(42-30(20)43-12-16-3-4-17(13-43)40-16)45-14-32-7-2-8-44(32)11-15(33)10-32/h5-6,9,15-17,28,40H,2-4,7-8,10-14,38H2/t15-,16?,17?,32+/m1/s1. The maximum Gasteiger partial charge on any atom is 0.319 e. The zero-order valence-corrected chi connectivity index (χ0v) is 25.4. The summed E-state index contributed by atoms with van der Waals surface area (Å²) in [5.74, 6) is -1.47. The molecule has 4 saturated heterocycles. The summed E-state index contributed by atoms with van der Waals surface area (Å²) < 4.78 is 82.2. The first kappa shape index (κ1) is 29.6. The number of benzene rings is 2. The largest absolute Gasteiger partial charge is 0.461 e. The van der Waals surface area contributed by atoms with Crippen molar-refractivity contribution < 1.29 is 26.7 Å². The number of nitrogens with two attached hydrogens (primary N) is 1. The van der Waals surface area contributed by atoms with Crippen LogP contribution >= 0.6 is 11.3 Å². The minimum Gasteiger partial charge on any atom is -0.461 e. The van der Waals surface area contributed by atoms with E-state index in [1.165, 1.54) is 12.1 Å². The molecule has 0 saturated carbocycles. The number of aromatic nitrogens is 2. The lowest BCUT2D eigenvalue weighted by atomic mass is 9.93. The molecule has 4 aromatic rings. The van der Waals surface area contributed by atoms with Crippen molar-refractivity contribution in [2.45, 2.75) is 62.3 Å². The van der Waals surface area contributed by atoms with Gasteiger partial charge in [-0.15, -0.1) is 11.3 Å². The highest BCUT2D eigenvalue weighted by atomic mass is 32.1. The van der Waals surface area contributed by atoms with E-state index in [-0.39, 0.29) is 67.8 Å². The van der Waals surface area contributed by atoms with Gasteiger partial charge in [0.25, 0.3) is 6.43 Å². The van der Waals surface area contributed by atoms with Crippen LogP contribution in [0.1, 0.15) is 44.1 Å². The first-order valence-corrected chi connectivity index (χ1v) is 16.2. The van der Waals surface area contributed by atoms with Gasteiger partial charge in [-0.3, -0.25) is 4.90 Å². The predicted molar refractivity (Wildman–Crippen MR) is 167 cm³/mol. The molecule has 3 N–H and O–H groups in total. The molecule has 6 heterocycles. The van der Waals surface area contributed by atoms with Gasteiger partial charge in [0, 0.05) is 60.0 Å². The fourth-order valence-electron chi connectivity index (χ4n) is 8.07. The van der Waals surface area contributed by atoms with E-state index < -0.39 is 40.9 Å². The normalized spacial score (nSPS) is 26.0. The number of anilines is 2. The van der Waals surface area contributed by atoms with E-state index >= 15 is 4.39 Å². The number of nitrogen functional groups attached to an aromatic ring is 1. The number of hydrogen-bond acceptors (Lipinski definition) is 8. The second-order valence-corrected chi connectivity index (χ2v) is 13.9. The zero-order valence-electron chi connectivity index (χ0n) is 24.6. The van der Waals surface area contributed by atoms with Crippen LogP contribution in [0, 0.1) is 18.2 Å². The summed E-state index contributed by atoms with van der Waals surface area (Å²) in [6, 6.07) is 3.67. The number of fused-ring (bicyclic) bond motifs is 5. The van der Waals surface area contributed by atoms with Crippen molar-refractivity contribution in [3.8, 4) is 17.1 Å². The highest BCUT2D eigenvalue weighted by Gasteiger charge is 2.49. The Balaban J connectivity index is 1.32. The van der Waals surface area contributed by atoms with E-state index in [0.29, 0.717) is 26.1 Å². The van der Waals surface area contributed by atoms with Crippen LogP contribution in [0.5, 0.6) is 6.01 Å². The van der Waals surface area contributed by atoms with Gasteiger partial charge in [0.2, 0.25) is 5.69 Å². The molecule has 4 atom stereocenters. The Morgan fingerprint density at radius 1 is 1.17 bits per heavy atom. The molecule has 0 radical (unpaired) electrons. The van der Waals surface area contributed by atoms with Crippen molar-refractivity contribution >= 4 is 48.8 Å². The molecular weight excluding hydrogens is 625 g/mol. The predicted octanol–water partition coefficient (Wildman–Crippen LogP) is 6.76. The summed E-state index contributed by atoms with van der Waals surface area (Å²) in [4.78, 5) is 16.6. The third-order valence-electron chi connectivity index (χ3n) is 10.1. The lowest BCUT2D eigenvalue weighted by Crippen LogP contribution is -2.51. The summed E-state index contributed by atoms with van der Waals surface area (Å²) in [6.07, 6.45) is -0.218. The molecule has 4 aliphatic rings. The van der Waals surface area contributed by atoms with Gasteiger partial charge in [-0.05, 0) is 49.9 Å². The smallest absolute Gasteiger partial charge is 0.319 e. The molecule has 46 heavy (non-hydrogen) atoms. The monoisotopic (exact) mass is 655 g/mol. The number of alkyl halides is 3. The number of nitrogens with zero attached hydrogens (tertiary/aromatic N) is 5. The van der Waals surface area contributed by atoms with Gasteiger partial charge in [0.15, 0.2) is 5.82 Å². The number of hydrogen-bond donors (Lipinski definition) is 2. The SMILES string of the molecule is [C-]#[N+]c1c(N)sc2c(F)ccc(-c3c(C(F)F)cc4c(N5CC6CCC(C5)N6)nc(OC[C@@]56CCCN5C[C@H](F)C6)nc4c3F)c12. The van der Waals surface area contributed by atoms with Gasteiger partial charge in [0.05, 0.1) is 21.8 Å². The van der Waals surface area contributed by atoms with Gasteiger partial charge >= 0.3 is 6.01 Å². The Kier molecular flexibility index (Phi) is 7.00. The molecule has 2 unspecified atom stereocenters. The van der Waals surface area contributed by atoms with Crippen molar-refractivity contribution in [2.24, 2.45) is 0 Å². The molecule has 2 bridgehead atoms. The van der Waals surface area contributed by atoms with Crippen LogP contribution in [-0.2, 0) is 0 Å². The molecule has 240 valence electrons. The van der Waals surface area contributed by atoms with Gasteiger partial charge in [-0.1, -0.05) is 6.07 Å². The fourth-order valence-corrected chi connectivity index (χ4v) is 9.01. The summed E-state index contributed by atoms with van der Waals surface area (Å²) in [5.41, 5.74) is 3.95. The van der Waals surface area contributed by atoms with Crippen LogP contribution in [0.25, 0.3) is 37.0 Å². The number of thiophene rings is 1. The Bertz CT molecular complexity index is 1920. The lowest BCUT2D eigenvalue weighted by Gasteiger charge is -2.35. The van der Waals surface area contributed by atoms with Crippen molar-refractivity contribution in [3.63, 3.8) is 0 Å². The molecule has 4 fully saturated rings. The van der Waals surface area contributed by atoms with Crippen LogP contribution in [0.2, 0.25) is 0 Å². The quantitative estimate of drug-likeness (QED) is 0.176. The average Bonchev–Trinajstić information content (AvgIpc) is 3.76. The van der Waals surface area contributed by atoms with E-state index in [9.17, 15) is 17.6 Å². The molecule has 0 amide bonds. The second kappa shape index (κ2) is 10.9. The number of ether oxygens (including phenoxy) is 1. The first-order valence-electron chi connectivity index (χ1n) is 15.4.